The highest BCUT2D eigenvalue weighted by Crippen LogP contribution is 2.38. The summed E-state index contributed by atoms with van der Waals surface area (Å²) in [6.07, 6.45) is -4.81. The summed E-state index contributed by atoms with van der Waals surface area (Å²) < 4.78 is 47.6. The van der Waals surface area contributed by atoms with E-state index in [0.29, 0.717) is 30.1 Å². The van der Waals surface area contributed by atoms with Crippen LogP contribution in [-0.2, 0) is 29.9 Å². The summed E-state index contributed by atoms with van der Waals surface area (Å²) in [5.74, 6) is -0.949. The molecule has 2 aromatic carbocycles. The van der Waals surface area contributed by atoms with Gasteiger partial charge in [-0.2, -0.15) is 18.3 Å². The molecule has 3 aromatic rings. The summed E-state index contributed by atoms with van der Waals surface area (Å²) >= 11 is 5.92. The SMILES string of the molecule is COC(=O)c1ccc(C(C)NC(=O)c2c(C(F)(F)F)nn3c2N(Cc2cccc(CCl)c2)CC3)cc1. The van der Waals surface area contributed by atoms with Crippen LogP contribution in [0.15, 0.2) is 48.5 Å². The zero-order chi connectivity index (χ0) is 26.0. The Hall–Kier alpha value is -3.53. The van der Waals surface area contributed by atoms with Crippen LogP contribution in [0.1, 0.15) is 56.1 Å². The van der Waals surface area contributed by atoms with Gasteiger partial charge in [-0.15, -0.1) is 11.6 Å². The Morgan fingerprint density at radius 3 is 2.47 bits per heavy atom. The number of nitrogens with zero attached hydrogens (tertiary/aromatic N) is 3. The maximum Gasteiger partial charge on any atom is 0.436 e. The van der Waals surface area contributed by atoms with Crippen molar-refractivity contribution in [2.75, 3.05) is 18.6 Å². The van der Waals surface area contributed by atoms with Crippen LogP contribution >= 0.6 is 11.6 Å². The highest BCUT2D eigenvalue weighted by atomic mass is 35.5. The number of amides is 1. The molecule has 0 bridgehead atoms. The summed E-state index contributed by atoms with van der Waals surface area (Å²) in [7, 11) is 1.26. The van der Waals surface area contributed by atoms with Crippen LogP contribution in [0.2, 0.25) is 0 Å². The Bertz CT molecular complexity index is 1270. The highest BCUT2D eigenvalue weighted by molar-refractivity contribution is 6.17. The van der Waals surface area contributed by atoms with Gasteiger partial charge in [0.1, 0.15) is 11.4 Å². The third-order valence-electron chi connectivity index (χ3n) is 6.00. The molecule has 190 valence electrons. The van der Waals surface area contributed by atoms with Gasteiger partial charge in [0.05, 0.1) is 25.3 Å². The number of nitrogens with one attached hydrogen (secondary N) is 1. The number of rotatable bonds is 7. The Morgan fingerprint density at radius 2 is 1.83 bits per heavy atom. The van der Waals surface area contributed by atoms with E-state index < -0.39 is 35.4 Å². The predicted molar refractivity (Wildman–Crippen MR) is 128 cm³/mol. The average molecular weight is 521 g/mol. The number of alkyl halides is 4. The van der Waals surface area contributed by atoms with Gasteiger partial charge < -0.3 is 15.0 Å². The van der Waals surface area contributed by atoms with Gasteiger partial charge in [-0.3, -0.25) is 4.79 Å². The minimum absolute atomic E-state index is 0.129. The lowest BCUT2D eigenvalue weighted by atomic mass is 10.1. The average Bonchev–Trinajstić information content (AvgIpc) is 3.44. The fourth-order valence-electron chi connectivity index (χ4n) is 4.22. The number of anilines is 1. The Labute approximate surface area is 210 Å². The fourth-order valence-corrected chi connectivity index (χ4v) is 4.39. The van der Waals surface area contributed by atoms with Crippen LogP contribution in [0.25, 0.3) is 0 Å². The first-order valence-electron chi connectivity index (χ1n) is 11.2. The zero-order valence-corrected chi connectivity index (χ0v) is 20.4. The van der Waals surface area contributed by atoms with Crippen molar-refractivity contribution in [2.24, 2.45) is 0 Å². The number of methoxy groups -OCH3 is 1. The van der Waals surface area contributed by atoms with Crippen molar-refractivity contribution >= 4 is 29.3 Å². The van der Waals surface area contributed by atoms with Crippen molar-refractivity contribution < 1.29 is 27.5 Å². The zero-order valence-electron chi connectivity index (χ0n) is 19.6. The topological polar surface area (TPSA) is 76.5 Å². The lowest BCUT2D eigenvalue weighted by Crippen LogP contribution is -2.31. The molecule has 0 radical (unpaired) electrons. The van der Waals surface area contributed by atoms with Crippen molar-refractivity contribution in [3.05, 3.63) is 82.0 Å². The number of ether oxygens (including phenoxy) is 1. The molecule has 0 fully saturated rings. The lowest BCUT2D eigenvalue weighted by molar-refractivity contribution is -0.141. The molecule has 0 aliphatic carbocycles. The first kappa shape index (κ1) is 25.6. The largest absolute Gasteiger partial charge is 0.465 e. The molecule has 1 aliphatic rings. The molecule has 1 amide bonds. The molecule has 4 rings (SSSR count). The molecule has 1 aliphatic heterocycles. The third kappa shape index (κ3) is 5.18. The minimum atomic E-state index is -4.81. The van der Waals surface area contributed by atoms with Crippen molar-refractivity contribution in [3.8, 4) is 0 Å². The smallest absolute Gasteiger partial charge is 0.436 e. The van der Waals surface area contributed by atoms with E-state index in [-0.39, 0.29) is 12.4 Å². The van der Waals surface area contributed by atoms with Crippen LogP contribution in [-0.4, -0.2) is 35.3 Å². The van der Waals surface area contributed by atoms with E-state index in [4.69, 9.17) is 11.6 Å². The van der Waals surface area contributed by atoms with Gasteiger partial charge in [0.25, 0.3) is 5.91 Å². The van der Waals surface area contributed by atoms with Gasteiger partial charge >= 0.3 is 12.1 Å². The van der Waals surface area contributed by atoms with Gasteiger partial charge in [0.2, 0.25) is 0 Å². The molecule has 11 heteroatoms. The van der Waals surface area contributed by atoms with Gasteiger partial charge in [0, 0.05) is 19.0 Å². The molecule has 1 N–H and O–H groups in total. The van der Waals surface area contributed by atoms with Crippen molar-refractivity contribution in [3.63, 3.8) is 0 Å². The number of hydrogen-bond acceptors (Lipinski definition) is 5. The summed E-state index contributed by atoms with van der Waals surface area (Å²) in [6, 6.07) is 13.1. The lowest BCUT2D eigenvalue weighted by Gasteiger charge is -2.21. The van der Waals surface area contributed by atoms with E-state index in [1.807, 2.05) is 24.3 Å². The van der Waals surface area contributed by atoms with Crippen LogP contribution in [0, 0.1) is 0 Å². The number of benzene rings is 2. The second-order valence-corrected chi connectivity index (χ2v) is 8.72. The monoisotopic (exact) mass is 520 g/mol. The van der Waals surface area contributed by atoms with E-state index in [1.54, 1.807) is 24.0 Å². The van der Waals surface area contributed by atoms with Crippen LogP contribution in [0.4, 0.5) is 19.0 Å². The number of aromatic nitrogens is 2. The Kier molecular flexibility index (Phi) is 7.26. The summed E-state index contributed by atoms with van der Waals surface area (Å²) in [6.45, 7) is 2.60. The van der Waals surface area contributed by atoms with E-state index in [2.05, 4.69) is 15.2 Å². The van der Waals surface area contributed by atoms with E-state index in [9.17, 15) is 22.8 Å². The molecule has 36 heavy (non-hydrogen) atoms. The van der Waals surface area contributed by atoms with Crippen LogP contribution in [0.3, 0.4) is 0 Å². The molecule has 1 unspecified atom stereocenters. The standard InChI is InChI=1S/C25H24ClF3N4O3/c1-15(18-6-8-19(9-7-18)24(35)36-2)30-22(34)20-21(25(27,28)29)31-33-11-10-32(23(20)33)14-17-5-3-4-16(12-17)13-26/h3-9,12,15H,10-11,13-14H2,1-2H3,(H,30,34). The third-order valence-corrected chi connectivity index (χ3v) is 6.31. The normalized spacial score (nSPS) is 13.9. The summed E-state index contributed by atoms with van der Waals surface area (Å²) in [4.78, 5) is 26.6. The van der Waals surface area contributed by atoms with Gasteiger partial charge in [-0.05, 0) is 35.7 Å². The summed E-state index contributed by atoms with van der Waals surface area (Å²) in [5.41, 5.74) is 0.962. The number of halogens is 4. The fraction of sp³-hybridized carbons (Fsp3) is 0.320. The molecule has 0 saturated heterocycles. The van der Waals surface area contributed by atoms with Crippen LogP contribution in [0.5, 0.6) is 0 Å². The van der Waals surface area contributed by atoms with Crippen molar-refractivity contribution in [1.82, 2.24) is 15.1 Å². The maximum atomic E-state index is 13.9. The highest BCUT2D eigenvalue weighted by Gasteiger charge is 2.44. The molecular formula is C25H24ClF3N4O3. The van der Waals surface area contributed by atoms with E-state index in [0.717, 1.165) is 11.1 Å². The first-order chi connectivity index (χ1) is 17.1. The van der Waals surface area contributed by atoms with E-state index in [1.165, 1.54) is 23.9 Å². The molecule has 0 saturated carbocycles. The Morgan fingerprint density at radius 1 is 1.14 bits per heavy atom. The van der Waals surface area contributed by atoms with Crippen molar-refractivity contribution in [1.29, 1.82) is 0 Å². The molecule has 2 heterocycles. The molecule has 0 spiro atoms. The molecule has 1 aromatic heterocycles. The first-order valence-corrected chi connectivity index (χ1v) is 11.7. The van der Waals surface area contributed by atoms with E-state index >= 15 is 0 Å². The second kappa shape index (κ2) is 10.2. The maximum absolute atomic E-state index is 13.9. The van der Waals surface area contributed by atoms with Gasteiger partial charge in [0.15, 0.2) is 5.69 Å². The number of carbonyl (C=O) groups is 2. The molecular weight excluding hydrogens is 497 g/mol. The minimum Gasteiger partial charge on any atom is -0.465 e. The predicted octanol–water partition coefficient (Wildman–Crippen LogP) is 4.94. The number of fused-ring (bicyclic) bond motifs is 1. The number of hydrogen-bond donors (Lipinski definition) is 1. The van der Waals surface area contributed by atoms with Gasteiger partial charge in [-0.1, -0.05) is 36.4 Å². The van der Waals surface area contributed by atoms with Crippen LogP contribution < -0.4 is 10.2 Å². The van der Waals surface area contributed by atoms with Gasteiger partial charge in [-0.25, -0.2) is 9.48 Å². The number of esters is 1. The second-order valence-electron chi connectivity index (χ2n) is 8.45. The molecule has 7 nitrogen and oxygen atoms in total. The quantitative estimate of drug-likeness (QED) is 0.353. The Balaban J connectivity index is 1.62. The number of carbonyl (C=O) groups excluding carboxylic acids is 2. The summed E-state index contributed by atoms with van der Waals surface area (Å²) in [5, 5.41) is 6.40. The molecule has 1 atom stereocenters. The van der Waals surface area contributed by atoms with Crippen molar-refractivity contribution in [2.45, 2.75) is 38.1 Å².